The van der Waals surface area contributed by atoms with Gasteiger partial charge in [0.1, 0.15) is 5.84 Å². The van der Waals surface area contributed by atoms with E-state index in [1.165, 1.54) is 6.08 Å². The molecule has 3 heteroatoms. The van der Waals surface area contributed by atoms with Crippen molar-refractivity contribution in [2.75, 3.05) is 0 Å². The maximum absolute atomic E-state index is 10.6. The summed E-state index contributed by atoms with van der Waals surface area (Å²) in [5, 5.41) is 9.49. The van der Waals surface area contributed by atoms with Gasteiger partial charge in [0.15, 0.2) is 0 Å². The summed E-state index contributed by atoms with van der Waals surface area (Å²) in [7, 11) is 0. The zero-order chi connectivity index (χ0) is 7.98. The lowest BCUT2D eigenvalue weighted by Gasteiger charge is -1.97. The molecule has 0 aromatic rings. The van der Waals surface area contributed by atoms with Gasteiger partial charge in [-0.25, -0.2) is 0 Å². The van der Waals surface area contributed by atoms with Crippen LogP contribution in [0.1, 0.15) is 20.3 Å². The summed E-state index contributed by atoms with van der Waals surface area (Å²) in [5.74, 6) is 0.0254. The summed E-state index contributed by atoms with van der Waals surface area (Å²) < 4.78 is 0. The summed E-state index contributed by atoms with van der Waals surface area (Å²) >= 11 is 0. The van der Waals surface area contributed by atoms with Gasteiger partial charge < -0.3 is 5.32 Å². The van der Waals surface area contributed by atoms with Crippen LogP contribution in [0.2, 0.25) is 0 Å². The molecule has 0 fully saturated rings. The first-order valence-electron chi connectivity index (χ1n) is 3.21. The fourth-order valence-corrected chi connectivity index (χ4v) is 0.447. The van der Waals surface area contributed by atoms with Gasteiger partial charge in [-0.2, -0.15) is 0 Å². The van der Waals surface area contributed by atoms with Crippen molar-refractivity contribution >= 4 is 11.7 Å². The molecule has 2 N–H and O–H groups in total. The van der Waals surface area contributed by atoms with E-state index in [1.54, 1.807) is 19.9 Å². The highest BCUT2D eigenvalue weighted by Gasteiger charge is 1.95. The van der Waals surface area contributed by atoms with Crippen LogP contribution < -0.4 is 5.32 Å². The third-order valence-electron chi connectivity index (χ3n) is 0.929. The smallest absolute Gasteiger partial charge is 0.225 e. The van der Waals surface area contributed by atoms with Crippen molar-refractivity contribution in [1.82, 2.24) is 5.32 Å². The molecule has 0 saturated heterocycles. The third-order valence-corrected chi connectivity index (χ3v) is 0.929. The van der Waals surface area contributed by atoms with Gasteiger partial charge in [0, 0.05) is 6.42 Å². The highest BCUT2D eigenvalue weighted by Crippen LogP contribution is 1.77. The molecule has 56 valence electrons. The van der Waals surface area contributed by atoms with Gasteiger partial charge in [-0.1, -0.05) is 13.0 Å². The van der Waals surface area contributed by atoms with E-state index in [0.29, 0.717) is 6.42 Å². The van der Waals surface area contributed by atoms with Crippen molar-refractivity contribution in [3.05, 3.63) is 12.2 Å². The lowest BCUT2D eigenvalue weighted by Crippen LogP contribution is -2.27. The molecule has 0 unspecified atom stereocenters. The van der Waals surface area contributed by atoms with Crippen LogP contribution in [0, 0.1) is 5.41 Å². The summed E-state index contributed by atoms with van der Waals surface area (Å²) in [5.41, 5.74) is 0. The fraction of sp³-hybridized carbons (Fsp3) is 0.429. The number of hydrogen-bond acceptors (Lipinski definition) is 2. The molecule has 3 nitrogen and oxygen atoms in total. The second-order valence-corrected chi connectivity index (χ2v) is 1.82. The molecule has 0 aliphatic heterocycles. The summed E-state index contributed by atoms with van der Waals surface area (Å²) in [6, 6.07) is 0. The van der Waals surface area contributed by atoms with Gasteiger partial charge in [-0.05, 0) is 13.0 Å². The monoisotopic (exact) mass is 140 g/mol. The number of amidine groups is 1. The highest BCUT2D eigenvalue weighted by atomic mass is 16.1. The zero-order valence-corrected chi connectivity index (χ0v) is 6.27. The van der Waals surface area contributed by atoms with Gasteiger partial charge in [0.2, 0.25) is 5.91 Å². The molecule has 0 aromatic heterocycles. The highest BCUT2D eigenvalue weighted by molar-refractivity contribution is 6.02. The molecule has 0 rings (SSSR count). The molecule has 0 aromatic carbocycles. The average Bonchev–Trinajstić information content (AvgIpc) is 1.88. The second kappa shape index (κ2) is 4.73. The van der Waals surface area contributed by atoms with Gasteiger partial charge in [0.25, 0.3) is 0 Å². The van der Waals surface area contributed by atoms with Gasteiger partial charge in [0.05, 0.1) is 0 Å². The molecule has 0 saturated carbocycles. The van der Waals surface area contributed by atoms with Crippen LogP contribution in [-0.4, -0.2) is 11.7 Å². The largest absolute Gasteiger partial charge is 0.311 e. The van der Waals surface area contributed by atoms with E-state index in [1.807, 2.05) is 0 Å². The molecule has 0 aliphatic carbocycles. The van der Waals surface area contributed by atoms with Crippen molar-refractivity contribution < 1.29 is 4.79 Å². The van der Waals surface area contributed by atoms with Crippen molar-refractivity contribution in [3.8, 4) is 0 Å². The number of carbonyl (C=O) groups excluding carboxylic acids is 1. The average molecular weight is 140 g/mol. The summed E-state index contributed by atoms with van der Waals surface area (Å²) in [6.07, 6.45) is 3.66. The van der Waals surface area contributed by atoms with E-state index in [9.17, 15) is 4.79 Å². The standard InChI is InChI=1S/C7H12N2O/c1-3-5-6(8)9-7(10)4-2/h3,5H,4H2,1-2H3,(H2,8,9,10)/b5-3-. The van der Waals surface area contributed by atoms with E-state index < -0.39 is 0 Å². The number of nitrogens with one attached hydrogen (secondary N) is 2. The lowest BCUT2D eigenvalue weighted by atomic mass is 10.4. The first-order valence-corrected chi connectivity index (χ1v) is 3.21. The first kappa shape index (κ1) is 8.88. The summed E-state index contributed by atoms with van der Waals surface area (Å²) in [6.45, 7) is 3.55. The van der Waals surface area contributed by atoms with Gasteiger partial charge >= 0.3 is 0 Å². The third kappa shape index (κ3) is 3.83. The van der Waals surface area contributed by atoms with Crippen LogP contribution in [0.4, 0.5) is 0 Å². The van der Waals surface area contributed by atoms with E-state index in [2.05, 4.69) is 5.32 Å². The maximum Gasteiger partial charge on any atom is 0.225 e. The van der Waals surface area contributed by atoms with Crippen LogP contribution in [-0.2, 0) is 4.79 Å². The predicted octanol–water partition coefficient (Wildman–Crippen LogP) is 1.07. The lowest BCUT2D eigenvalue weighted by molar-refractivity contribution is -0.119. The minimum atomic E-state index is -0.122. The van der Waals surface area contributed by atoms with E-state index in [4.69, 9.17) is 5.41 Å². The van der Waals surface area contributed by atoms with Crippen molar-refractivity contribution in [2.45, 2.75) is 20.3 Å². The Morgan fingerprint density at radius 3 is 2.70 bits per heavy atom. The van der Waals surface area contributed by atoms with Crippen molar-refractivity contribution in [2.24, 2.45) is 0 Å². The van der Waals surface area contributed by atoms with Crippen molar-refractivity contribution in [1.29, 1.82) is 5.41 Å². The van der Waals surface area contributed by atoms with Crippen LogP contribution in [0.3, 0.4) is 0 Å². The van der Waals surface area contributed by atoms with Gasteiger partial charge in [-0.3, -0.25) is 10.2 Å². The molecular weight excluding hydrogens is 128 g/mol. The minimum absolute atomic E-state index is 0.122. The Morgan fingerprint density at radius 2 is 2.30 bits per heavy atom. The van der Waals surface area contributed by atoms with Crippen LogP contribution in [0.5, 0.6) is 0 Å². The SMILES string of the molecule is C/C=C\C(=N)NC(=O)CC. The van der Waals surface area contributed by atoms with E-state index in [-0.39, 0.29) is 11.7 Å². The van der Waals surface area contributed by atoms with Crippen LogP contribution in [0.25, 0.3) is 0 Å². The Kier molecular flexibility index (Phi) is 4.20. The number of amides is 1. The molecule has 0 aliphatic rings. The fourth-order valence-electron chi connectivity index (χ4n) is 0.447. The number of allylic oxidation sites excluding steroid dienone is 1. The Bertz CT molecular complexity index is 161. The molecule has 0 bridgehead atoms. The Morgan fingerprint density at radius 1 is 1.70 bits per heavy atom. The number of carbonyl (C=O) groups is 1. The molecule has 1 amide bonds. The topological polar surface area (TPSA) is 53.0 Å². The van der Waals surface area contributed by atoms with E-state index >= 15 is 0 Å². The predicted molar refractivity (Wildman–Crippen MR) is 41.0 cm³/mol. The minimum Gasteiger partial charge on any atom is -0.311 e. The van der Waals surface area contributed by atoms with Crippen LogP contribution >= 0.6 is 0 Å². The second-order valence-electron chi connectivity index (χ2n) is 1.82. The summed E-state index contributed by atoms with van der Waals surface area (Å²) in [4.78, 5) is 10.6. The number of hydrogen-bond donors (Lipinski definition) is 2. The Hall–Kier alpha value is -1.12. The maximum atomic E-state index is 10.6. The quantitative estimate of drug-likeness (QED) is 0.437. The molecule has 0 heterocycles. The molecule has 10 heavy (non-hydrogen) atoms. The Labute approximate surface area is 60.6 Å². The Balaban J connectivity index is 3.68. The zero-order valence-electron chi connectivity index (χ0n) is 6.27. The van der Waals surface area contributed by atoms with Crippen molar-refractivity contribution in [3.63, 3.8) is 0 Å². The van der Waals surface area contributed by atoms with Gasteiger partial charge in [-0.15, -0.1) is 0 Å². The molecule has 0 radical (unpaired) electrons. The number of rotatable bonds is 2. The first-order chi connectivity index (χ1) is 4.70. The normalized spacial score (nSPS) is 9.80. The molecule has 0 atom stereocenters. The molecular formula is C7H12N2O. The van der Waals surface area contributed by atoms with E-state index in [0.717, 1.165) is 0 Å². The van der Waals surface area contributed by atoms with Crippen LogP contribution in [0.15, 0.2) is 12.2 Å². The molecule has 0 spiro atoms.